The number of carbonyl (C=O) groups excluding carboxylic acids is 2. The topological polar surface area (TPSA) is 55.9 Å². The van der Waals surface area contributed by atoms with Gasteiger partial charge in [-0.1, -0.05) is 0 Å². The lowest BCUT2D eigenvalue weighted by Gasteiger charge is -2.41. The number of nitrogens with one attached hydrogen (secondary N) is 1. The molecule has 0 aromatic heterocycles. The summed E-state index contributed by atoms with van der Waals surface area (Å²) < 4.78 is 0. The highest BCUT2D eigenvalue weighted by Crippen LogP contribution is 2.32. The van der Waals surface area contributed by atoms with Gasteiger partial charge in [0, 0.05) is 19.6 Å². The highest BCUT2D eigenvalue weighted by Gasteiger charge is 2.53. The maximum atomic E-state index is 12.2. The Morgan fingerprint density at radius 3 is 2.47 bits per heavy atom. The van der Waals surface area contributed by atoms with Gasteiger partial charge >= 0.3 is 6.03 Å². The smallest absolute Gasteiger partial charge is 0.310 e. The predicted octanol–water partition coefficient (Wildman–Crippen LogP) is -0.0457. The lowest BCUT2D eigenvalue weighted by Crippen LogP contribution is -2.56. The van der Waals surface area contributed by atoms with E-state index in [0.717, 1.165) is 38.9 Å². The van der Waals surface area contributed by atoms with Gasteiger partial charge in [0.15, 0.2) is 0 Å². The van der Waals surface area contributed by atoms with Crippen LogP contribution < -0.4 is 5.32 Å². The van der Waals surface area contributed by atoms with Gasteiger partial charge in [-0.15, -0.1) is 0 Å². The van der Waals surface area contributed by atoms with Gasteiger partial charge < -0.3 is 14.7 Å². The number of nitrogens with zero attached hydrogens (tertiary/aromatic N) is 3. The summed E-state index contributed by atoms with van der Waals surface area (Å²) in [6, 6.07) is -0.215. The van der Waals surface area contributed by atoms with Gasteiger partial charge in [-0.25, -0.2) is 4.79 Å². The zero-order valence-electron chi connectivity index (χ0n) is 12.1. The molecule has 0 saturated carbocycles. The highest BCUT2D eigenvalue weighted by molar-refractivity contribution is 6.07. The fourth-order valence-corrected chi connectivity index (χ4v) is 2.94. The van der Waals surface area contributed by atoms with E-state index in [1.165, 1.54) is 0 Å². The van der Waals surface area contributed by atoms with Crippen LogP contribution in [0.5, 0.6) is 0 Å². The molecule has 6 nitrogen and oxygen atoms in total. The Kier molecular flexibility index (Phi) is 4.10. The van der Waals surface area contributed by atoms with Crippen LogP contribution in [0.25, 0.3) is 0 Å². The Morgan fingerprint density at radius 1 is 1.26 bits per heavy atom. The molecule has 0 aliphatic carbocycles. The van der Waals surface area contributed by atoms with E-state index >= 15 is 0 Å². The third-order valence-corrected chi connectivity index (χ3v) is 4.21. The number of piperidine rings is 1. The van der Waals surface area contributed by atoms with Gasteiger partial charge in [-0.3, -0.25) is 10.1 Å². The average molecular weight is 268 g/mol. The van der Waals surface area contributed by atoms with Crippen molar-refractivity contribution in [3.63, 3.8) is 0 Å². The Balaban J connectivity index is 2.05. The number of amides is 3. The van der Waals surface area contributed by atoms with E-state index in [-0.39, 0.29) is 11.9 Å². The first-order valence-electron chi connectivity index (χ1n) is 6.92. The first-order chi connectivity index (χ1) is 8.95. The summed E-state index contributed by atoms with van der Waals surface area (Å²) in [5.41, 5.74) is -0.587. The molecule has 0 bridgehead atoms. The molecule has 0 aromatic carbocycles. The molecule has 0 atom stereocenters. The van der Waals surface area contributed by atoms with E-state index in [0.29, 0.717) is 6.54 Å². The first-order valence-corrected chi connectivity index (χ1v) is 6.92. The van der Waals surface area contributed by atoms with Crippen LogP contribution in [0.15, 0.2) is 0 Å². The maximum absolute atomic E-state index is 12.2. The Labute approximate surface area is 114 Å². The van der Waals surface area contributed by atoms with Gasteiger partial charge in [0.05, 0.1) is 0 Å². The number of rotatable bonds is 4. The van der Waals surface area contributed by atoms with E-state index in [1.807, 2.05) is 14.1 Å². The van der Waals surface area contributed by atoms with Crippen molar-refractivity contribution in [3.8, 4) is 0 Å². The van der Waals surface area contributed by atoms with E-state index in [4.69, 9.17) is 0 Å². The second-order valence-electron chi connectivity index (χ2n) is 5.90. The van der Waals surface area contributed by atoms with Crippen molar-refractivity contribution in [2.75, 3.05) is 47.3 Å². The van der Waals surface area contributed by atoms with Crippen LogP contribution in [0.3, 0.4) is 0 Å². The summed E-state index contributed by atoms with van der Waals surface area (Å²) in [7, 11) is 6.08. The molecule has 1 spiro atoms. The zero-order valence-corrected chi connectivity index (χ0v) is 12.1. The second kappa shape index (κ2) is 5.46. The van der Waals surface area contributed by atoms with Crippen molar-refractivity contribution in [2.45, 2.75) is 24.8 Å². The average Bonchev–Trinajstić information content (AvgIpc) is 2.56. The summed E-state index contributed by atoms with van der Waals surface area (Å²) in [4.78, 5) is 30.2. The molecule has 1 N–H and O–H groups in total. The van der Waals surface area contributed by atoms with Gasteiger partial charge in [0.1, 0.15) is 5.54 Å². The summed E-state index contributed by atoms with van der Waals surface area (Å²) in [5, 5.41) is 2.50. The molecule has 6 heteroatoms. The van der Waals surface area contributed by atoms with E-state index < -0.39 is 5.54 Å². The van der Waals surface area contributed by atoms with E-state index in [9.17, 15) is 9.59 Å². The number of likely N-dealkylation sites (tertiary alicyclic amines) is 1. The molecule has 2 fully saturated rings. The van der Waals surface area contributed by atoms with Crippen molar-refractivity contribution in [3.05, 3.63) is 0 Å². The van der Waals surface area contributed by atoms with Crippen LogP contribution in [0.2, 0.25) is 0 Å². The van der Waals surface area contributed by atoms with E-state index in [2.05, 4.69) is 22.2 Å². The van der Waals surface area contributed by atoms with Crippen molar-refractivity contribution in [1.29, 1.82) is 0 Å². The number of imide groups is 1. The minimum atomic E-state index is -0.587. The molecule has 2 heterocycles. The van der Waals surface area contributed by atoms with Crippen molar-refractivity contribution in [2.24, 2.45) is 0 Å². The van der Waals surface area contributed by atoms with Crippen molar-refractivity contribution < 1.29 is 9.59 Å². The number of carbonyl (C=O) groups is 2. The molecule has 3 amide bonds. The van der Waals surface area contributed by atoms with Crippen LogP contribution in [0.4, 0.5) is 4.79 Å². The lowest BCUT2D eigenvalue weighted by molar-refractivity contribution is -0.129. The molecule has 2 aliphatic rings. The van der Waals surface area contributed by atoms with Gasteiger partial charge in [0.2, 0.25) is 0 Å². The molecule has 0 unspecified atom stereocenters. The quantitative estimate of drug-likeness (QED) is 0.727. The van der Waals surface area contributed by atoms with Gasteiger partial charge in [0.25, 0.3) is 5.91 Å². The minimum absolute atomic E-state index is 0.101. The van der Waals surface area contributed by atoms with Crippen molar-refractivity contribution >= 4 is 11.9 Å². The normalized spacial score (nSPS) is 23.5. The Bertz CT molecular complexity index is 362. The Morgan fingerprint density at radius 2 is 1.89 bits per heavy atom. The van der Waals surface area contributed by atoms with E-state index in [1.54, 1.807) is 4.90 Å². The predicted molar refractivity (Wildman–Crippen MR) is 72.9 cm³/mol. The third kappa shape index (κ3) is 2.74. The van der Waals surface area contributed by atoms with Crippen LogP contribution >= 0.6 is 0 Å². The Hall–Kier alpha value is -1.14. The second-order valence-corrected chi connectivity index (χ2v) is 5.90. The molecule has 0 radical (unpaired) electrons. The number of hydrogen-bond donors (Lipinski definition) is 1. The SMILES string of the molecule is CN(C)CCCN1C(=O)NC(=O)C12CCN(C)CC2. The maximum Gasteiger partial charge on any atom is 0.325 e. The minimum Gasteiger partial charge on any atom is -0.310 e. The monoisotopic (exact) mass is 268 g/mol. The first kappa shape index (κ1) is 14.3. The molecule has 2 rings (SSSR count). The van der Waals surface area contributed by atoms with Gasteiger partial charge in [-0.05, 0) is 47.0 Å². The van der Waals surface area contributed by atoms with Crippen LogP contribution in [0, 0.1) is 0 Å². The van der Waals surface area contributed by atoms with Crippen LogP contribution in [-0.4, -0.2) is 79.5 Å². The van der Waals surface area contributed by atoms with Gasteiger partial charge in [-0.2, -0.15) is 0 Å². The van der Waals surface area contributed by atoms with Crippen molar-refractivity contribution in [1.82, 2.24) is 20.0 Å². The molecular weight excluding hydrogens is 244 g/mol. The van der Waals surface area contributed by atoms with Crippen LogP contribution in [-0.2, 0) is 4.79 Å². The molecule has 108 valence electrons. The molecule has 19 heavy (non-hydrogen) atoms. The molecule has 2 aliphatic heterocycles. The molecule has 0 aromatic rings. The summed E-state index contributed by atoms with van der Waals surface area (Å²) in [6.45, 7) is 3.31. The number of urea groups is 1. The van der Waals surface area contributed by atoms with Crippen LogP contribution in [0.1, 0.15) is 19.3 Å². The fourth-order valence-electron chi connectivity index (χ4n) is 2.94. The summed E-state index contributed by atoms with van der Waals surface area (Å²) >= 11 is 0. The number of hydrogen-bond acceptors (Lipinski definition) is 4. The molecule has 2 saturated heterocycles. The molecular formula is C13H24N4O2. The third-order valence-electron chi connectivity index (χ3n) is 4.21. The standard InChI is InChI=1S/C13H24N4O2/c1-15(2)7-4-8-17-12(19)14-11(18)13(17)5-9-16(3)10-6-13/h4-10H2,1-3H3,(H,14,18,19). The lowest BCUT2D eigenvalue weighted by atomic mass is 9.86. The summed E-state index contributed by atoms with van der Waals surface area (Å²) in [6.07, 6.45) is 2.37. The fraction of sp³-hybridized carbons (Fsp3) is 0.846. The zero-order chi connectivity index (χ0) is 14.0. The summed E-state index contributed by atoms with van der Waals surface area (Å²) in [5.74, 6) is -0.101. The largest absolute Gasteiger partial charge is 0.325 e. The highest BCUT2D eigenvalue weighted by atomic mass is 16.2.